The van der Waals surface area contributed by atoms with Crippen molar-refractivity contribution in [1.82, 2.24) is 0 Å². The van der Waals surface area contributed by atoms with Crippen LogP contribution in [0.15, 0.2) is 18.2 Å². The van der Waals surface area contributed by atoms with Crippen molar-refractivity contribution in [3.63, 3.8) is 0 Å². The zero-order valence-corrected chi connectivity index (χ0v) is 6.44. The summed E-state index contributed by atoms with van der Waals surface area (Å²) in [6, 6.07) is 4.22. The molecule has 12 heavy (non-hydrogen) atoms. The molecule has 0 saturated heterocycles. The molecule has 1 aromatic carbocycles. The van der Waals surface area contributed by atoms with E-state index >= 15 is 0 Å². The Hall–Kier alpha value is -1.62. The monoisotopic (exact) mass is 171 g/mol. The van der Waals surface area contributed by atoms with E-state index in [2.05, 4.69) is 0 Å². The highest BCUT2D eigenvalue weighted by atomic mass is 16.6. The van der Waals surface area contributed by atoms with Crippen LogP contribution < -0.4 is 0 Å². The number of aryl methyl sites for hydroxylation is 1. The molecule has 0 heterocycles. The topological polar surface area (TPSA) is 94.9 Å². The smallest absolute Gasteiger partial charge is 0.310 e. The number of hydrogen-bond acceptors (Lipinski definition) is 3. The maximum Gasteiger partial charge on any atom is 0.310 e. The molecule has 5 nitrogen and oxygen atoms in total. The predicted octanol–water partition coefficient (Wildman–Crippen LogP) is 0.784. The van der Waals surface area contributed by atoms with E-state index < -0.39 is 4.92 Å². The number of rotatable bonds is 1. The summed E-state index contributed by atoms with van der Waals surface area (Å²) in [4.78, 5) is 9.56. The standard InChI is InChI=1S/C7H7NO3.H2O/c1-5-2-3-6(8(10)11)7(9)4-5;/h2-4,9H,1H3;1H2. The molecule has 0 amide bonds. The maximum absolute atomic E-state index is 10.2. The zero-order chi connectivity index (χ0) is 8.43. The number of benzene rings is 1. The Morgan fingerprint density at radius 2 is 2.08 bits per heavy atom. The fourth-order valence-corrected chi connectivity index (χ4v) is 0.788. The molecule has 0 unspecified atom stereocenters. The third-order valence-electron chi connectivity index (χ3n) is 1.33. The molecule has 0 aliphatic carbocycles. The van der Waals surface area contributed by atoms with Crippen LogP contribution in [-0.2, 0) is 0 Å². The van der Waals surface area contributed by atoms with Gasteiger partial charge in [0.1, 0.15) is 0 Å². The van der Waals surface area contributed by atoms with Gasteiger partial charge in [-0.1, -0.05) is 6.07 Å². The van der Waals surface area contributed by atoms with Gasteiger partial charge in [-0.05, 0) is 18.6 Å². The quantitative estimate of drug-likeness (QED) is 0.499. The first-order chi connectivity index (χ1) is 5.11. The third kappa shape index (κ3) is 1.93. The minimum Gasteiger partial charge on any atom is -0.502 e. The van der Waals surface area contributed by atoms with Gasteiger partial charge < -0.3 is 10.6 Å². The van der Waals surface area contributed by atoms with E-state index in [1.807, 2.05) is 0 Å². The second-order valence-electron chi connectivity index (χ2n) is 2.25. The lowest BCUT2D eigenvalue weighted by atomic mass is 10.2. The molecule has 0 saturated carbocycles. The molecule has 0 spiro atoms. The second-order valence-corrected chi connectivity index (χ2v) is 2.25. The van der Waals surface area contributed by atoms with E-state index in [1.54, 1.807) is 13.0 Å². The van der Waals surface area contributed by atoms with Gasteiger partial charge in [-0.25, -0.2) is 0 Å². The normalized spacial score (nSPS) is 8.75. The fraction of sp³-hybridized carbons (Fsp3) is 0.143. The molecular weight excluding hydrogens is 162 g/mol. The lowest BCUT2D eigenvalue weighted by Crippen LogP contribution is -1.88. The number of hydrogen-bond donors (Lipinski definition) is 1. The van der Waals surface area contributed by atoms with Gasteiger partial charge in [-0.2, -0.15) is 0 Å². The van der Waals surface area contributed by atoms with E-state index in [0.717, 1.165) is 5.56 Å². The van der Waals surface area contributed by atoms with Crippen LogP contribution in [0.25, 0.3) is 0 Å². The van der Waals surface area contributed by atoms with Crippen molar-refractivity contribution in [2.24, 2.45) is 0 Å². The van der Waals surface area contributed by atoms with Crippen LogP contribution in [0.3, 0.4) is 0 Å². The number of nitro groups is 1. The Labute approximate surface area is 68.7 Å². The van der Waals surface area contributed by atoms with E-state index in [0.29, 0.717) is 0 Å². The number of aromatic hydroxyl groups is 1. The van der Waals surface area contributed by atoms with Crippen LogP contribution in [-0.4, -0.2) is 15.5 Å². The Balaban J connectivity index is 0.00000121. The van der Waals surface area contributed by atoms with Gasteiger partial charge in [-0.15, -0.1) is 0 Å². The van der Waals surface area contributed by atoms with Gasteiger partial charge >= 0.3 is 5.69 Å². The largest absolute Gasteiger partial charge is 0.502 e. The Morgan fingerprint density at radius 1 is 1.50 bits per heavy atom. The van der Waals surface area contributed by atoms with Crippen LogP contribution in [0, 0.1) is 17.0 Å². The molecule has 0 aliphatic heterocycles. The van der Waals surface area contributed by atoms with Crippen molar-refractivity contribution in [1.29, 1.82) is 0 Å². The van der Waals surface area contributed by atoms with E-state index in [1.165, 1.54) is 12.1 Å². The van der Waals surface area contributed by atoms with Crippen molar-refractivity contribution in [2.75, 3.05) is 0 Å². The summed E-state index contributed by atoms with van der Waals surface area (Å²) in [7, 11) is 0. The van der Waals surface area contributed by atoms with Crippen LogP contribution in [0.2, 0.25) is 0 Å². The molecular formula is C7H9NO4. The highest BCUT2D eigenvalue weighted by molar-refractivity contribution is 5.46. The first-order valence-corrected chi connectivity index (χ1v) is 3.05. The number of phenols is 1. The lowest BCUT2D eigenvalue weighted by molar-refractivity contribution is -0.385. The third-order valence-corrected chi connectivity index (χ3v) is 1.33. The maximum atomic E-state index is 10.2. The van der Waals surface area contributed by atoms with Crippen LogP contribution in [0.5, 0.6) is 5.75 Å². The molecule has 1 aromatic rings. The Kier molecular flexibility index (Phi) is 3.18. The van der Waals surface area contributed by atoms with Crippen molar-refractivity contribution < 1.29 is 15.5 Å². The van der Waals surface area contributed by atoms with E-state index in [9.17, 15) is 10.1 Å². The molecule has 0 bridgehead atoms. The second kappa shape index (κ2) is 3.68. The van der Waals surface area contributed by atoms with Crippen LogP contribution in [0.4, 0.5) is 5.69 Å². The van der Waals surface area contributed by atoms with Gasteiger partial charge in [-0.3, -0.25) is 10.1 Å². The summed E-state index contributed by atoms with van der Waals surface area (Å²) in [5.74, 6) is -0.282. The first kappa shape index (κ1) is 10.4. The number of nitro benzene ring substituents is 1. The average molecular weight is 171 g/mol. The fourth-order valence-electron chi connectivity index (χ4n) is 0.788. The minimum atomic E-state index is -0.616. The molecule has 3 N–H and O–H groups in total. The Morgan fingerprint density at radius 3 is 2.50 bits per heavy atom. The van der Waals surface area contributed by atoms with E-state index in [4.69, 9.17) is 5.11 Å². The SMILES string of the molecule is Cc1ccc([N+](=O)[O-])c(O)c1.O. The van der Waals surface area contributed by atoms with E-state index in [-0.39, 0.29) is 16.9 Å². The average Bonchev–Trinajstić information content (AvgIpc) is 1.85. The van der Waals surface area contributed by atoms with Gasteiger partial charge in [0, 0.05) is 6.07 Å². The van der Waals surface area contributed by atoms with Gasteiger partial charge in [0.15, 0.2) is 5.75 Å². The first-order valence-electron chi connectivity index (χ1n) is 3.05. The summed E-state index contributed by atoms with van der Waals surface area (Å²) < 4.78 is 0. The van der Waals surface area contributed by atoms with Crippen LogP contribution >= 0.6 is 0 Å². The number of phenolic OH excluding ortho intramolecular Hbond substituents is 1. The molecule has 0 fully saturated rings. The molecule has 0 aromatic heterocycles. The molecule has 0 aliphatic rings. The van der Waals surface area contributed by atoms with Crippen molar-refractivity contribution in [3.05, 3.63) is 33.9 Å². The highest BCUT2D eigenvalue weighted by Crippen LogP contribution is 2.25. The summed E-state index contributed by atoms with van der Waals surface area (Å²) in [5, 5.41) is 19.2. The predicted molar refractivity (Wildman–Crippen MR) is 43.1 cm³/mol. The zero-order valence-electron chi connectivity index (χ0n) is 6.44. The van der Waals surface area contributed by atoms with Gasteiger partial charge in [0.2, 0.25) is 0 Å². The lowest BCUT2D eigenvalue weighted by Gasteiger charge is -1.95. The van der Waals surface area contributed by atoms with Crippen molar-refractivity contribution in [2.45, 2.75) is 6.92 Å². The minimum absolute atomic E-state index is 0. The summed E-state index contributed by atoms with van der Waals surface area (Å²) in [5.41, 5.74) is 0.545. The molecule has 66 valence electrons. The van der Waals surface area contributed by atoms with Crippen molar-refractivity contribution >= 4 is 5.69 Å². The Bertz CT molecular complexity index is 297. The molecule has 1 rings (SSSR count). The summed E-state index contributed by atoms with van der Waals surface area (Å²) >= 11 is 0. The van der Waals surface area contributed by atoms with Crippen molar-refractivity contribution in [3.8, 4) is 5.75 Å². The highest BCUT2D eigenvalue weighted by Gasteiger charge is 2.10. The molecule has 0 atom stereocenters. The van der Waals surface area contributed by atoms with Gasteiger partial charge in [0.25, 0.3) is 0 Å². The van der Waals surface area contributed by atoms with Gasteiger partial charge in [0.05, 0.1) is 4.92 Å². The molecule has 5 heteroatoms. The molecule has 0 radical (unpaired) electrons. The summed E-state index contributed by atoms with van der Waals surface area (Å²) in [6.45, 7) is 1.75. The number of nitrogens with zero attached hydrogens (tertiary/aromatic N) is 1. The van der Waals surface area contributed by atoms with Crippen LogP contribution in [0.1, 0.15) is 5.56 Å². The summed E-state index contributed by atoms with van der Waals surface area (Å²) in [6.07, 6.45) is 0.